The Labute approximate surface area is 93.3 Å². The summed E-state index contributed by atoms with van der Waals surface area (Å²) in [5.74, 6) is -1.15. The van der Waals surface area contributed by atoms with E-state index in [4.69, 9.17) is 28.3 Å². The van der Waals surface area contributed by atoms with Crippen molar-refractivity contribution < 1.29 is 9.90 Å². The number of hydrogen-bond acceptors (Lipinski definition) is 1. The lowest BCUT2D eigenvalue weighted by Crippen LogP contribution is -2.02. The molecule has 1 fully saturated rings. The predicted molar refractivity (Wildman–Crippen MR) is 55.4 cm³/mol. The van der Waals surface area contributed by atoms with Crippen LogP contribution in [0.3, 0.4) is 0 Å². The van der Waals surface area contributed by atoms with Crippen molar-refractivity contribution >= 4 is 41.6 Å². The SMILES string of the molecule is CC1(C)[C@H](C=C(Cl)Cl)[C@H]1C(=O)O.Cl. The maximum Gasteiger partial charge on any atom is 0.307 e. The highest BCUT2D eigenvalue weighted by Gasteiger charge is 2.60. The van der Waals surface area contributed by atoms with E-state index in [1.807, 2.05) is 13.8 Å². The molecule has 5 heteroatoms. The zero-order valence-electron chi connectivity index (χ0n) is 7.25. The monoisotopic (exact) mass is 244 g/mol. The molecule has 2 atom stereocenters. The Morgan fingerprint density at radius 2 is 1.92 bits per heavy atom. The summed E-state index contributed by atoms with van der Waals surface area (Å²) >= 11 is 10.9. The summed E-state index contributed by atoms with van der Waals surface area (Å²) in [5, 5.41) is 8.76. The second-order valence-electron chi connectivity index (χ2n) is 3.62. The Kier molecular flexibility index (Phi) is 4.10. The Morgan fingerprint density at radius 3 is 2.15 bits per heavy atom. The topological polar surface area (TPSA) is 37.3 Å². The van der Waals surface area contributed by atoms with Crippen LogP contribution in [0.1, 0.15) is 13.8 Å². The van der Waals surface area contributed by atoms with Crippen molar-refractivity contribution in [2.24, 2.45) is 17.3 Å². The van der Waals surface area contributed by atoms with E-state index in [2.05, 4.69) is 0 Å². The first-order chi connectivity index (χ1) is 5.37. The quantitative estimate of drug-likeness (QED) is 0.812. The number of carboxylic acid groups (broad SMARTS) is 1. The fourth-order valence-corrected chi connectivity index (χ4v) is 1.87. The summed E-state index contributed by atoms with van der Waals surface area (Å²) in [6.07, 6.45) is 1.60. The van der Waals surface area contributed by atoms with Crippen molar-refractivity contribution in [3.8, 4) is 0 Å². The van der Waals surface area contributed by atoms with Gasteiger partial charge in [-0.3, -0.25) is 4.79 Å². The second-order valence-corrected chi connectivity index (χ2v) is 4.63. The van der Waals surface area contributed by atoms with E-state index < -0.39 is 5.97 Å². The molecule has 1 rings (SSSR count). The van der Waals surface area contributed by atoms with Crippen molar-refractivity contribution in [3.05, 3.63) is 10.6 Å². The molecule has 1 N–H and O–H groups in total. The van der Waals surface area contributed by atoms with E-state index in [1.54, 1.807) is 6.08 Å². The van der Waals surface area contributed by atoms with Gasteiger partial charge in [-0.05, 0) is 17.4 Å². The summed E-state index contributed by atoms with van der Waals surface area (Å²) < 4.78 is 0.150. The van der Waals surface area contributed by atoms with Crippen LogP contribution >= 0.6 is 35.6 Å². The average molecular weight is 246 g/mol. The minimum Gasteiger partial charge on any atom is -0.481 e. The molecule has 0 unspecified atom stereocenters. The van der Waals surface area contributed by atoms with Crippen LogP contribution in [-0.2, 0) is 4.79 Å². The molecule has 0 heterocycles. The van der Waals surface area contributed by atoms with Gasteiger partial charge in [-0.15, -0.1) is 12.4 Å². The van der Waals surface area contributed by atoms with Crippen molar-refractivity contribution in [2.45, 2.75) is 13.8 Å². The zero-order valence-corrected chi connectivity index (χ0v) is 9.58. The lowest BCUT2D eigenvalue weighted by Gasteiger charge is -1.96. The third kappa shape index (κ3) is 2.52. The van der Waals surface area contributed by atoms with E-state index in [0.29, 0.717) is 0 Å². The zero-order chi connectivity index (χ0) is 9.52. The minimum atomic E-state index is -0.782. The van der Waals surface area contributed by atoms with Gasteiger partial charge < -0.3 is 5.11 Å². The number of allylic oxidation sites excluding steroid dienone is 1. The molecule has 1 aliphatic carbocycles. The highest BCUT2D eigenvalue weighted by Crippen LogP contribution is 2.59. The Hall–Kier alpha value is 0.0800. The molecule has 0 amide bonds. The smallest absolute Gasteiger partial charge is 0.307 e. The number of rotatable bonds is 2. The molecule has 13 heavy (non-hydrogen) atoms. The maximum absolute atomic E-state index is 10.7. The van der Waals surface area contributed by atoms with Crippen LogP contribution in [0.5, 0.6) is 0 Å². The molecule has 0 aliphatic heterocycles. The van der Waals surface area contributed by atoms with Crippen LogP contribution in [0.4, 0.5) is 0 Å². The minimum absolute atomic E-state index is 0. The molecule has 76 valence electrons. The van der Waals surface area contributed by atoms with E-state index >= 15 is 0 Å². The van der Waals surface area contributed by atoms with E-state index in [1.165, 1.54) is 0 Å². The fraction of sp³-hybridized carbons (Fsp3) is 0.625. The van der Waals surface area contributed by atoms with Gasteiger partial charge in [0, 0.05) is 0 Å². The number of carboxylic acids is 1. The Balaban J connectivity index is 0.00000144. The third-order valence-corrected chi connectivity index (χ3v) is 2.73. The fourth-order valence-electron chi connectivity index (χ4n) is 1.60. The molecule has 0 spiro atoms. The predicted octanol–water partition coefficient (Wildman–Crippen LogP) is 3.08. The first kappa shape index (κ1) is 13.1. The molecule has 0 saturated heterocycles. The first-order valence-electron chi connectivity index (χ1n) is 3.63. The van der Waals surface area contributed by atoms with E-state index in [9.17, 15) is 4.79 Å². The van der Waals surface area contributed by atoms with Crippen LogP contribution < -0.4 is 0 Å². The summed E-state index contributed by atoms with van der Waals surface area (Å²) in [4.78, 5) is 10.7. The van der Waals surface area contributed by atoms with Gasteiger partial charge in [0.15, 0.2) is 0 Å². The van der Waals surface area contributed by atoms with Crippen molar-refractivity contribution in [2.75, 3.05) is 0 Å². The van der Waals surface area contributed by atoms with E-state index in [0.717, 1.165) is 0 Å². The van der Waals surface area contributed by atoms with Gasteiger partial charge in [-0.25, -0.2) is 0 Å². The summed E-state index contributed by atoms with van der Waals surface area (Å²) in [6, 6.07) is 0. The molecule has 0 aromatic rings. The highest BCUT2D eigenvalue weighted by molar-refractivity contribution is 6.55. The van der Waals surface area contributed by atoms with Gasteiger partial charge in [-0.1, -0.05) is 37.0 Å². The van der Waals surface area contributed by atoms with Gasteiger partial charge in [0.2, 0.25) is 0 Å². The van der Waals surface area contributed by atoms with Crippen LogP contribution in [-0.4, -0.2) is 11.1 Å². The molecule has 0 aromatic carbocycles. The van der Waals surface area contributed by atoms with Crippen molar-refractivity contribution in [1.29, 1.82) is 0 Å². The van der Waals surface area contributed by atoms with Gasteiger partial charge in [0.05, 0.1) is 5.92 Å². The standard InChI is InChI=1S/C8H10Cl2O2.ClH/c1-8(2)4(3-5(9)10)6(8)7(11)12;/h3-4,6H,1-2H3,(H,11,12);1H/t4-,6+;/m1./s1. The van der Waals surface area contributed by atoms with Crippen LogP contribution in [0.15, 0.2) is 10.6 Å². The Morgan fingerprint density at radius 1 is 1.46 bits per heavy atom. The molecule has 0 aromatic heterocycles. The average Bonchev–Trinajstić information content (AvgIpc) is 2.32. The van der Waals surface area contributed by atoms with Crippen molar-refractivity contribution in [3.63, 3.8) is 0 Å². The molecule has 0 bridgehead atoms. The lowest BCUT2D eigenvalue weighted by atomic mass is 10.1. The number of aliphatic carboxylic acids is 1. The molecular weight excluding hydrogens is 234 g/mol. The molecule has 2 nitrogen and oxygen atoms in total. The maximum atomic E-state index is 10.7. The largest absolute Gasteiger partial charge is 0.481 e. The van der Waals surface area contributed by atoms with Crippen LogP contribution in [0.2, 0.25) is 0 Å². The summed E-state index contributed by atoms with van der Waals surface area (Å²) in [5.41, 5.74) is -0.207. The van der Waals surface area contributed by atoms with Gasteiger partial charge in [0.1, 0.15) is 4.49 Å². The summed E-state index contributed by atoms with van der Waals surface area (Å²) in [6.45, 7) is 3.79. The number of carbonyl (C=O) groups is 1. The lowest BCUT2D eigenvalue weighted by molar-refractivity contribution is -0.139. The number of halogens is 3. The van der Waals surface area contributed by atoms with Crippen molar-refractivity contribution in [1.82, 2.24) is 0 Å². The third-order valence-electron chi connectivity index (χ3n) is 2.48. The molecule has 1 aliphatic rings. The normalized spacial score (nSPS) is 28.6. The van der Waals surface area contributed by atoms with Gasteiger partial charge in [-0.2, -0.15) is 0 Å². The number of hydrogen-bond donors (Lipinski definition) is 1. The summed E-state index contributed by atoms with van der Waals surface area (Å²) in [7, 11) is 0. The molecule has 0 radical (unpaired) electrons. The molecule has 1 saturated carbocycles. The highest BCUT2D eigenvalue weighted by atomic mass is 35.5. The van der Waals surface area contributed by atoms with Gasteiger partial charge in [0.25, 0.3) is 0 Å². The van der Waals surface area contributed by atoms with Crippen LogP contribution in [0.25, 0.3) is 0 Å². The Bertz CT molecular complexity index is 244. The van der Waals surface area contributed by atoms with E-state index in [-0.39, 0.29) is 34.1 Å². The first-order valence-corrected chi connectivity index (χ1v) is 4.38. The van der Waals surface area contributed by atoms with Gasteiger partial charge >= 0.3 is 5.97 Å². The second kappa shape index (κ2) is 4.07. The van der Waals surface area contributed by atoms with Crippen LogP contribution in [0, 0.1) is 17.3 Å². The molecular formula is C8H11Cl3O2.